The van der Waals surface area contributed by atoms with Gasteiger partial charge in [-0.25, -0.2) is 12.8 Å². The zero-order valence-corrected chi connectivity index (χ0v) is 18.8. The minimum absolute atomic E-state index is 0.0273. The Hall–Kier alpha value is -2.91. The lowest BCUT2D eigenvalue weighted by molar-refractivity contribution is -0.120. The van der Waals surface area contributed by atoms with Crippen molar-refractivity contribution in [2.24, 2.45) is 0 Å². The number of carbonyl (C=O) groups excluding carboxylic acids is 1. The highest BCUT2D eigenvalue weighted by molar-refractivity contribution is 7.94. The normalized spacial score (nSPS) is 12.2. The molecule has 0 aliphatic carbocycles. The summed E-state index contributed by atoms with van der Waals surface area (Å²) in [6.45, 7) is 3.31. The Bertz CT molecular complexity index is 1130. The number of thiophene rings is 1. The van der Waals surface area contributed by atoms with Crippen LogP contribution in [0.25, 0.3) is 0 Å². The van der Waals surface area contributed by atoms with Crippen LogP contribution in [0.2, 0.25) is 0 Å². The first kappa shape index (κ1) is 22.8. The predicted molar refractivity (Wildman–Crippen MR) is 120 cm³/mol. The van der Waals surface area contributed by atoms with Crippen molar-refractivity contribution in [2.75, 3.05) is 17.5 Å². The average molecular weight is 463 g/mol. The van der Waals surface area contributed by atoms with Crippen LogP contribution in [0.3, 0.4) is 0 Å². The molecule has 0 spiro atoms. The highest BCUT2D eigenvalue weighted by Gasteiger charge is 2.30. The van der Waals surface area contributed by atoms with E-state index in [2.05, 4.69) is 5.32 Å². The quantitative estimate of drug-likeness (QED) is 0.522. The minimum atomic E-state index is -4.11. The Labute approximate surface area is 185 Å². The van der Waals surface area contributed by atoms with Gasteiger partial charge >= 0.3 is 0 Å². The summed E-state index contributed by atoms with van der Waals surface area (Å²) in [4.78, 5) is 12.7. The van der Waals surface area contributed by atoms with Gasteiger partial charge in [0.1, 0.15) is 28.9 Å². The third-order valence-electron chi connectivity index (χ3n) is 4.44. The fourth-order valence-corrected chi connectivity index (χ4v) is 5.43. The van der Waals surface area contributed by atoms with Gasteiger partial charge in [0.05, 0.1) is 11.7 Å². The molecule has 31 heavy (non-hydrogen) atoms. The van der Waals surface area contributed by atoms with Gasteiger partial charge in [0, 0.05) is 0 Å². The second-order valence-corrected chi connectivity index (χ2v) is 9.98. The molecule has 1 N–H and O–H groups in total. The van der Waals surface area contributed by atoms with E-state index in [4.69, 9.17) is 4.74 Å². The minimum Gasteiger partial charge on any atom is -0.491 e. The monoisotopic (exact) mass is 462 g/mol. The SMILES string of the molecule is Cc1ccccc1OCC(C)NC(=O)CN(c1ccccc1F)S(=O)(=O)c1cccs1. The van der Waals surface area contributed by atoms with Crippen molar-refractivity contribution in [3.63, 3.8) is 0 Å². The first-order valence-corrected chi connectivity index (χ1v) is 11.9. The van der Waals surface area contributed by atoms with Crippen molar-refractivity contribution < 1.29 is 22.3 Å². The van der Waals surface area contributed by atoms with Gasteiger partial charge in [-0.2, -0.15) is 0 Å². The van der Waals surface area contributed by atoms with Gasteiger partial charge in [0.2, 0.25) is 5.91 Å². The summed E-state index contributed by atoms with van der Waals surface area (Å²) >= 11 is 1.00. The van der Waals surface area contributed by atoms with Crippen LogP contribution in [0.5, 0.6) is 5.75 Å². The van der Waals surface area contributed by atoms with Crippen molar-refractivity contribution in [1.29, 1.82) is 0 Å². The molecule has 0 saturated heterocycles. The maximum atomic E-state index is 14.4. The number of anilines is 1. The molecule has 3 rings (SSSR count). The molecule has 9 heteroatoms. The second-order valence-electron chi connectivity index (χ2n) is 6.94. The number of halogens is 1. The van der Waals surface area contributed by atoms with Crippen molar-refractivity contribution in [2.45, 2.75) is 24.1 Å². The summed E-state index contributed by atoms with van der Waals surface area (Å²) in [5.41, 5.74) is 0.781. The van der Waals surface area contributed by atoms with E-state index in [1.165, 1.54) is 24.3 Å². The number of hydrogen-bond acceptors (Lipinski definition) is 5. The largest absolute Gasteiger partial charge is 0.491 e. The van der Waals surface area contributed by atoms with Gasteiger partial charge < -0.3 is 10.1 Å². The van der Waals surface area contributed by atoms with Gasteiger partial charge in [-0.1, -0.05) is 36.4 Å². The van der Waals surface area contributed by atoms with E-state index in [0.717, 1.165) is 27.3 Å². The molecule has 0 radical (unpaired) electrons. The van der Waals surface area contributed by atoms with Gasteiger partial charge in [-0.3, -0.25) is 9.10 Å². The number of amides is 1. The van der Waals surface area contributed by atoms with Gasteiger partial charge in [-0.05, 0) is 49.1 Å². The van der Waals surface area contributed by atoms with Crippen LogP contribution in [-0.2, 0) is 14.8 Å². The van der Waals surface area contributed by atoms with Gasteiger partial charge in [0.25, 0.3) is 10.0 Å². The molecule has 1 aromatic heterocycles. The number of aryl methyl sites for hydroxylation is 1. The highest BCUT2D eigenvalue weighted by atomic mass is 32.2. The molecule has 0 aliphatic heterocycles. The number of nitrogens with zero attached hydrogens (tertiary/aromatic N) is 1. The van der Waals surface area contributed by atoms with E-state index in [-0.39, 0.29) is 22.5 Å². The lowest BCUT2D eigenvalue weighted by atomic mass is 10.2. The fourth-order valence-electron chi connectivity index (χ4n) is 2.90. The summed E-state index contributed by atoms with van der Waals surface area (Å²) in [5, 5.41) is 4.33. The zero-order valence-electron chi connectivity index (χ0n) is 17.1. The van der Waals surface area contributed by atoms with Crippen LogP contribution >= 0.6 is 11.3 Å². The fraction of sp³-hybridized carbons (Fsp3) is 0.227. The van der Waals surface area contributed by atoms with E-state index >= 15 is 0 Å². The molecule has 0 bridgehead atoms. The first-order chi connectivity index (χ1) is 14.8. The summed E-state index contributed by atoms with van der Waals surface area (Å²) in [7, 11) is -4.11. The Morgan fingerprint density at radius 3 is 2.52 bits per heavy atom. The molecular weight excluding hydrogens is 439 g/mol. The molecule has 0 saturated carbocycles. The third-order valence-corrected chi connectivity index (χ3v) is 7.57. The Morgan fingerprint density at radius 2 is 1.84 bits per heavy atom. The van der Waals surface area contributed by atoms with Crippen LogP contribution < -0.4 is 14.4 Å². The standard InChI is InChI=1S/C22H23FN2O4S2/c1-16-8-3-6-11-20(16)29-15-17(2)24-21(26)14-25(19-10-5-4-9-18(19)23)31(27,28)22-12-7-13-30-22/h3-13,17H,14-15H2,1-2H3,(H,24,26). The van der Waals surface area contributed by atoms with Crippen LogP contribution in [0.1, 0.15) is 12.5 Å². The Morgan fingerprint density at radius 1 is 1.13 bits per heavy atom. The molecule has 3 aromatic rings. The number of carbonyl (C=O) groups is 1. The van der Waals surface area contributed by atoms with Crippen LogP contribution in [-0.4, -0.2) is 33.5 Å². The molecule has 1 amide bonds. The molecule has 1 unspecified atom stereocenters. The van der Waals surface area contributed by atoms with Gasteiger partial charge in [-0.15, -0.1) is 11.3 Å². The predicted octanol–water partition coefficient (Wildman–Crippen LogP) is 3.97. The van der Waals surface area contributed by atoms with E-state index in [1.807, 2.05) is 31.2 Å². The first-order valence-electron chi connectivity index (χ1n) is 9.57. The topological polar surface area (TPSA) is 75.7 Å². The summed E-state index contributed by atoms with van der Waals surface area (Å²) in [6, 6.07) is 15.6. The van der Waals surface area contributed by atoms with E-state index in [1.54, 1.807) is 18.4 Å². The molecule has 2 aromatic carbocycles. The highest BCUT2D eigenvalue weighted by Crippen LogP contribution is 2.28. The van der Waals surface area contributed by atoms with E-state index < -0.39 is 28.3 Å². The van der Waals surface area contributed by atoms with Crippen molar-refractivity contribution >= 4 is 33.0 Å². The number of ether oxygens (including phenoxy) is 1. The van der Waals surface area contributed by atoms with Gasteiger partial charge in [0.15, 0.2) is 0 Å². The lowest BCUT2D eigenvalue weighted by Gasteiger charge is -2.24. The van der Waals surface area contributed by atoms with Crippen molar-refractivity contribution in [3.05, 3.63) is 77.4 Å². The lowest BCUT2D eigenvalue weighted by Crippen LogP contribution is -2.45. The summed E-state index contributed by atoms with van der Waals surface area (Å²) in [6.07, 6.45) is 0. The molecule has 164 valence electrons. The van der Waals surface area contributed by atoms with Crippen LogP contribution in [0, 0.1) is 12.7 Å². The maximum Gasteiger partial charge on any atom is 0.274 e. The zero-order chi connectivity index (χ0) is 22.4. The summed E-state index contributed by atoms with van der Waals surface area (Å²) in [5.74, 6) is -0.590. The molecule has 1 atom stereocenters. The molecule has 6 nitrogen and oxygen atoms in total. The number of rotatable bonds is 9. The van der Waals surface area contributed by atoms with Crippen LogP contribution in [0.15, 0.2) is 70.3 Å². The number of para-hydroxylation sites is 2. The average Bonchev–Trinajstić information content (AvgIpc) is 3.28. The second kappa shape index (κ2) is 9.93. The smallest absolute Gasteiger partial charge is 0.274 e. The molecule has 1 heterocycles. The number of benzene rings is 2. The number of sulfonamides is 1. The molecular formula is C22H23FN2O4S2. The molecule has 0 aliphatic rings. The van der Waals surface area contributed by atoms with Crippen molar-refractivity contribution in [1.82, 2.24) is 5.32 Å². The Balaban J connectivity index is 1.73. The third kappa shape index (κ3) is 5.62. The maximum absolute atomic E-state index is 14.4. The van der Waals surface area contributed by atoms with E-state index in [9.17, 15) is 17.6 Å². The summed E-state index contributed by atoms with van der Waals surface area (Å²) < 4.78 is 47.1. The van der Waals surface area contributed by atoms with Crippen LogP contribution in [0.4, 0.5) is 10.1 Å². The Kier molecular flexibility index (Phi) is 7.29. The number of hydrogen-bond donors (Lipinski definition) is 1. The van der Waals surface area contributed by atoms with Crippen molar-refractivity contribution in [3.8, 4) is 5.75 Å². The number of nitrogens with one attached hydrogen (secondary N) is 1. The van der Waals surface area contributed by atoms with E-state index in [0.29, 0.717) is 5.75 Å². The molecule has 0 fully saturated rings.